The third-order valence-corrected chi connectivity index (χ3v) is 4.48. The summed E-state index contributed by atoms with van der Waals surface area (Å²) in [6.45, 7) is 10.1. The van der Waals surface area contributed by atoms with Gasteiger partial charge in [0.1, 0.15) is 6.61 Å². The monoisotopic (exact) mass is 304 g/mol. The number of hydrogen-bond donors (Lipinski definition) is 1. The number of ether oxygens (including phenoxy) is 1. The van der Waals surface area contributed by atoms with Gasteiger partial charge in [-0.15, -0.1) is 0 Å². The highest BCUT2D eigenvalue weighted by Crippen LogP contribution is 2.23. The quantitative estimate of drug-likeness (QED) is 0.907. The van der Waals surface area contributed by atoms with E-state index in [-0.39, 0.29) is 12.1 Å². The number of benzene rings is 1. The molecule has 1 aromatic rings. The number of carbonyl (C=O) groups is 1. The van der Waals surface area contributed by atoms with Crippen LogP contribution in [0.2, 0.25) is 0 Å². The van der Waals surface area contributed by atoms with Crippen molar-refractivity contribution in [1.29, 1.82) is 0 Å². The molecular formula is C18H28N2O2. The molecule has 1 N–H and O–H groups in total. The maximum atomic E-state index is 12.0. The number of nitrogens with zero attached hydrogens (tertiary/aromatic N) is 1. The summed E-state index contributed by atoms with van der Waals surface area (Å²) in [5, 5.41) is 3.04. The molecule has 0 aliphatic carbocycles. The second kappa shape index (κ2) is 8.18. The van der Waals surface area contributed by atoms with Crippen LogP contribution in [0.3, 0.4) is 0 Å². The van der Waals surface area contributed by atoms with E-state index in [1.165, 1.54) is 0 Å². The van der Waals surface area contributed by atoms with Crippen LogP contribution >= 0.6 is 0 Å². The molecule has 2 unspecified atom stereocenters. The molecule has 1 amide bonds. The van der Waals surface area contributed by atoms with E-state index in [2.05, 4.69) is 31.0 Å². The second-order valence-corrected chi connectivity index (χ2v) is 6.49. The Balaban J connectivity index is 1.82. The van der Waals surface area contributed by atoms with Gasteiger partial charge in [-0.05, 0) is 30.4 Å². The van der Waals surface area contributed by atoms with Crippen molar-refractivity contribution < 1.29 is 9.53 Å². The molecule has 1 aliphatic rings. The molecule has 0 aromatic heterocycles. The van der Waals surface area contributed by atoms with Gasteiger partial charge in [0.15, 0.2) is 0 Å². The lowest BCUT2D eigenvalue weighted by atomic mass is 9.85. The normalized spacial score (nSPS) is 22.5. The highest BCUT2D eigenvalue weighted by molar-refractivity contribution is 5.67. The summed E-state index contributed by atoms with van der Waals surface area (Å²) < 4.78 is 5.33. The molecule has 4 heteroatoms. The van der Waals surface area contributed by atoms with Gasteiger partial charge in [-0.2, -0.15) is 0 Å². The van der Waals surface area contributed by atoms with Crippen LogP contribution < -0.4 is 5.32 Å². The van der Waals surface area contributed by atoms with Crippen LogP contribution in [0.5, 0.6) is 0 Å². The highest BCUT2D eigenvalue weighted by Gasteiger charge is 2.29. The fraction of sp³-hybridized carbons (Fsp3) is 0.611. The van der Waals surface area contributed by atoms with Crippen LogP contribution in [-0.2, 0) is 11.3 Å². The Bertz CT molecular complexity index is 461. The number of likely N-dealkylation sites (tertiary alicyclic amines) is 1. The molecule has 1 saturated heterocycles. The van der Waals surface area contributed by atoms with Crippen molar-refractivity contribution >= 4 is 6.09 Å². The minimum atomic E-state index is -0.311. The van der Waals surface area contributed by atoms with E-state index >= 15 is 0 Å². The SMILES string of the molecule is CCN1CC(NC(=O)OCc2ccccc2)CC(C(C)C)C1. The fourth-order valence-corrected chi connectivity index (χ4v) is 3.01. The number of amides is 1. The first-order valence-corrected chi connectivity index (χ1v) is 8.28. The number of nitrogens with one attached hydrogen (secondary N) is 1. The highest BCUT2D eigenvalue weighted by atomic mass is 16.5. The van der Waals surface area contributed by atoms with Gasteiger partial charge >= 0.3 is 6.09 Å². The van der Waals surface area contributed by atoms with Crippen LogP contribution in [0, 0.1) is 11.8 Å². The molecule has 0 bridgehead atoms. The molecule has 0 radical (unpaired) electrons. The Morgan fingerprint density at radius 3 is 2.68 bits per heavy atom. The number of hydrogen-bond acceptors (Lipinski definition) is 3. The molecule has 22 heavy (non-hydrogen) atoms. The molecule has 2 atom stereocenters. The number of carbonyl (C=O) groups excluding carboxylic acids is 1. The van der Waals surface area contributed by atoms with E-state index < -0.39 is 0 Å². The Kier molecular flexibility index (Phi) is 6.25. The van der Waals surface area contributed by atoms with Crippen LogP contribution in [0.1, 0.15) is 32.8 Å². The Morgan fingerprint density at radius 1 is 1.32 bits per heavy atom. The van der Waals surface area contributed by atoms with E-state index in [0.29, 0.717) is 18.4 Å². The molecule has 1 heterocycles. The van der Waals surface area contributed by atoms with Crippen molar-refractivity contribution in [2.45, 2.75) is 39.8 Å². The van der Waals surface area contributed by atoms with E-state index in [4.69, 9.17) is 4.74 Å². The maximum absolute atomic E-state index is 12.0. The van der Waals surface area contributed by atoms with Crippen LogP contribution in [0.25, 0.3) is 0 Å². The van der Waals surface area contributed by atoms with Crippen LogP contribution in [0.15, 0.2) is 30.3 Å². The molecule has 2 rings (SSSR count). The van der Waals surface area contributed by atoms with Gasteiger partial charge in [-0.3, -0.25) is 0 Å². The predicted octanol–water partition coefficient (Wildman–Crippen LogP) is 3.28. The summed E-state index contributed by atoms with van der Waals surface area (Å²) in [4.78, 5) is 14.4. The Hall–Kier alpha value is -1.55. The zero-order valence-electron chi connectivity index (χ0n) is 13.9. The standard InChI is InChI=1S/C18H28N2O2/c1-4-20-11-16(14(2)3)10-17(12-20)19-18(21)22-13-15-8-6-5-7-9-15/h5-9,14,16-17H,4,10-13H2,1-3H3,(H,19,21). The molecule has 0 spiro atoms. The van der Waals surface area contributed by atoms with Crippen LogP contribution in [0.4, 0.5) is 4.79 Å². The van der Waals surface area contributed by atoms with Gasteiger partial charge in [0.25, 0.3) is 0 Å². The van der Waals surface area contributed by atoms with Crippen molar-refractivity contribution in [3.05, 3.63) is 35.9 Å². The van der Waals surface area contributed by atoms with E-state index in [0.717, 1.165) is 31.6 Å². The summed E-state index contributed by atoms with van der Waals surface area (Å²) in [5.41, 5.74) is 1.01. The lowest BCUT2D eigenvalue weighted by Gasteiger charge is -2.39. The van der Waals surface area contributed by atoms with Gasteiger partial charge < -0.3 is 15.0 Å². The summed E-state index contributed by atoms with van der Waals surface area (Å²) in [7, 11) is 0. The molecule has 0 saturated carbocycles. The number of piperidine rings is 1. The molecule has 122 valence electrons. The number of rotatable bonds is 5. The summed E-state index contributed by atoms with van der Waals surface area (Å²) in [6, 6.07) is 9.96. The minimum Gasteiger partial charge on any atom is -0.445 e. The van der Waals surface area contributed by atoms with E-state index in [1.54, 1.807) is 0 Å². The van der Waals surface area contributed by atoms with Crippen molar-refractivity contribution in [3.63, 3.8) is 0 Å². The van der Waals surface area contributed by atoms with Gasteiger partial charge in [0.2, 0.25) is 0 Å². The van der Waals surface area contributed by atoms with Crippen molar-refractivity contribution in [2.75, 3.05) is 19.6 Å². The van der Waals surface area contributed by atoms with E-state index in [9.17, 15) is 4.79 Å². The van der Waals surface area contributed by atoms with Crippen LogP contribution in [-0.4, -0.2) is 36.7 Å². The lowest BCUT2D eigenvalue weighted by molar-refractivity contribution is 0.101. The zero-order chi connectivity index (χ0) is 15.9. The maximum Gasteiger partial charge on any atom is 0.407 e. The van der Waals surface area contributed by atoms with Crippen molar-refractivity contribution in [2.24, 2.45) is 11.8 Å². The number of likely N-dealkylation sites (N-methyl/N-ethyl adjacent to an activating group) is 1. The number of alkyl carbamates (subject to hydrolysis) is 1. The van der Waals surface area contributed by atoms with E-state index in [1.807, 2.05) is 30.3 Å². The topological polar surface area (TPSA) is 41.6 Å². The van der Waals surface area contributed by atoms with Gasteiger partial charge in [0, 0.05) is 19.1 Å². The van der Waals surface area contributed by atoms with Crippen molar-refractivity contribution in [3.8, 4) is 0 Å². The Labute approximate surface area is 133 Å². The average Bonchev–Trinajstić information content (AvgIpc) is 2.53. The van der Waals surface area contributed by atoms with Gasteiger partial charge in [-0.1, -0.05) is 51.1 Å². The second-order valence-electron chi connectivity index (χ2n) is 6.49. The third kappa shape index (κ3) is 5.02. The first kappa shape index (κ1) is 16.8. The first-order valence-electron chi connectivity index (χ1n) is 8.28. The molecular weight excluding hydrogens is 276 g/mol. The largest absolute Gasteiger partial charge is 0.445 e. The zero-order valence-corrected chi connectivity index (χ0v) is 13.9. The molecule has 1 aliphatic heterocycles. The molecule has 1 fully saturated rings. The smallest absolute Gasteiger partial charge is 0.407 e. The predicted molar refractivity (Wildman–Crippen MR) is 88.6 cm³/mol. The van der Waals surface area contributed by atoms with Crippen molar-refractivity contribution in [1.82, 2.24) is 10.2 Å². The average molecular weight is 304 g/mol. The fourth-order valence-electron chi connectivity index (χ4n) is 3.01. The first-order chi connectivity index (χ1) is 10.6. The minimum absolute atomic E-state index is 0.185. The summed E-state index contributed by atoms with van der Waals surface area (Å²) >= 11 is 0. The van der Waals surface area contributed by atoms with Gasteiger partial charge in [-0.25, -0.2) is 4.79 Å². The summed E-state index contributed by atoms with van der Waals surface area (Å²) in [6.07, 6.45) is 0.725. The lowest BCUT2D eigenvalue weighted by Crippen LogP contribution is -2.51. The third-order valence-electron chi connectivity index (χ3n) is 4.48. The summed E-state index contributed by atoms with van der Waals surface area (Å²) in [5.74, 6) is 1.27. The molecule has 1 aromatic carbocycles. The molecule has 4 nitrogen and oxygen atoms in total. The Morgan fingerprint density at radius 2 is 2.05 bits per heavy atom. The van der Waals surface area contributed by atoms with Gasteiger partial charge in [0.05, 0.1) is 0 Å².